The van der Waals surface area contributed by atoms with Crippen LogP contribution in [0.15, 0.2) is 36.4 Å². The van der Waals surface area contributed by atoms with Gasteiger partial charge in [0.1, 0.15) is 12.2 Å². The lowest BCUT2D eigenvalue weighted by Gasteiger charge is -2.11. The summed E-state index contributed by atoms with van der Waals surface area (Å²) in [4.78, 5) is 10.9. The fourth-order valence-electron chi connectivity index (χ4n) is 1.70. The molecule has 0 spiro atoms. The Morgan fingerprint density at radius 1 is 1.24 bits per heavy atom. The molecule has 0 saturated heterocycles. The normalized spacial score (nSPS) is 9.81. The Labute approximate surface area is 125 Å². The first-order chi connectivity index (χ1) is 9.50. The van der Waals surface area contributed by atoms with Gasteiger partial charge in [-0.1, -0.05) is 30.3 Å². The number of ether oxygens (including phenoxy) is 1. The summed E-state index contributed by atoms with van der Waals surface area (Å²) < 4.78 is 32.6. The maximum Gasteiger partial charge on any atom is 0.340 e. The van der Waals surface area contributed by atoms with Gasteiger partial charge in [0.25, 0.3) is 0 Å². The summed E-state index contributed by atoms with van der Waals surface area (Å²) in [5.74, 6) is -4.68. The minimum absolute atomic E-state index is 0. The summed E-state index contributed by atoms with van der Waals surface area (Å²) in [7, 11) is 0. The van der Waals surface area contributed by atoms with Gasteiger partial charge in [-0.2, -0.15) is 0 Å². The van der Waals surface area contributed by atoms with E-state index in [1.165, 1.54) is 0 Å². The molecular formula is C14H12ClF2NO3. The summed E-state index contributed by atoms with van der Waals surface area (Å²) in [5, 5.41) is 8.85. The summed E-state index contributed by atoms with van der Waals surface area (Å²) in [6.07, 6.45) is 0. The van der Waals surface area contributed by atoms with Crippen LogP contribution in [-0.4, -0.2) is 11.1 Å². The van der Waals surface area contributed by atoms with E-state index in [0.29, 0.717) is 5.56 Å². The third kappa shape index (κ3) is 3.61. The molecule has 0 unspecified atom stereocenters. The highest BCUT2D eigenvalue weighted by Crippen LogP contribution is 2.29. The molecular weight excluding hydrogens is 304 g/mol. The zero-order valence-corrected chi connectivity index (χ0v) is 11.5. The minimum atomic E-state index is -1.58. The van der Waals surface area contributed by atoms with Crippen molar-refractivity contribution < 1.29 is 23.4 Å². The molecule has 0 amide bonds. The maximum absolute atomic E-state index is 13.9. The number of hydrogen-bond acceptors (Lipinski definition) is 3. The van der Waals surface area contributed by atoms with Crippen LogP contribution in [0.5, 0.6) is 5.75 Å². The number of nitrogen functional groups attached to an aromatic ring is 1. The fraction of sp³-hybridized carbons (Fsp3) is 0.0714. The lowest BCUT2D eigenvalue weighted by molar-refractivity contribution is 0.0691. The molecule has 2 aromatic rings. The van der Waals surface area contributed by atoms with Crippen molar-refractivity contribution in [2.45, 2.75) is 6.61 Å². The van der Waals surface area contributed by atoms with Crippen molar-refractivity contribution in [2.24, 2.45) is 0 Å². The lowest BCUT2D eigenvalue weighted by atomic mass is 10.1. The van der Waals surface area contributed by atoms with Gasteiger partial charge in [0.05, 0.1) is 5.69 Å². The van der Waals surface area contributed by atoms with Crippen LogP contribution in [0.3, 0.4) is 0 Å². The molecule has 0 heterocycles. The zero-order chi connectivity index (χ0) is 14.7. The van der Waals surface area contributed by atoms with E-state index < -0.39 is 34.6 Å². The Bertz CT molecular complexity index is 650. The van der Waals surface area contributed by atoms with Crippen LogP contribution in [0.25, 0.3) is 0 Å². The van der Waals surface area contributed by atoms with Crippen molar-refractivity contribution in [3.05, 3.63) is 59.2 Å². The van der Waals surface area contributed by atoms with Crippen LogP contribution < -0.4 is 10.5 Å². The van der Waals surface area contributed by atoms with E-state index in [2.05, 4.69) is 0 Å². The number of hydrogen-bond donors (Lipinski definition) is 2. The van der Waals surface area contributed by atoms with Gasteiger partial charge in [0.15, 0.2) is 17.4 Å². The summed E-state index contributed by atoms with van der Waals surface area (Å²) >= 11 is 0. The number of aromatic carboxylic acids is 1. The molecule has 3 N–H and O–H groups in total. The van der Waals surface area contributed by atoms with Crippen LogP contribution in [0.1, 0.15) is 15.9 Å². The standard InChI is InChI=1S/C14H11F2NO3.ClH/c15-9-6-10(17)11(14(18)19)12(16)13(9)20-7-8-4-2-1-3-5-8;/h1-6H,7,17H2,(H,18,19);1H. The van der Waals surface area contributed by atoms with Gasteiger partial charge in [0, 0.05) is 6.07 Å². The molecule has 7 heteroatoms. The number of carboxylic acid groups (broad SMARTS) is 1. The SMILES string of the molecule is Cl.Nc1cc(F)c(OCc2ccccc2)c(F)c1C(=O)O. The summed E-state index contributed by atoms with van der Waals surface area (Å²) in [6, 6.07) is 9.44. The van der Waals surface area contributed by atoms with Gasteiger partial charge in [-0.3, -0.25) is 0 Å². The predicted octanol–water partition coefficient (Wildman–Crippen LogP) is 3.25. The number of halogens is 3. The highest BCUT2D eigenvalue weighted by atomic mass is 35.5. The van der Waals surface area contributed by atoms with E-state index in [9.17, 15) is 13.6 Å². The molecule has 0 saturated carbocycles. The van der Waals surface area contributed by atoms with Crippen LogP contribution >= 0.6 is 12.4 Å². The summed E-state index contributed by atoms with van der Waals surface area (Å²) in [5.41, 5.74) is 4.69. The quantitative estimate of drug-likeness (QED) is 0.850. The highest BCUT2D eigenvalue weighted by molar-refractivity contribution is 5.94. The number of carbonyl (C=O) groups is 1. The average Bonchev–Trinajstić information content (AvgIpc) is 2.38. The van der Waals surface area contributed by atoms with Crippen LogP contribution in [-0.2, 0) is 6.61 Å². The van der Waals surface area contributed by atoms with E-state index in [1.54, 1.807) is 30.3 Å². The molecule has 2 rings (SSSR count). The Balaban J connectivity index is 0.00000220. The van der Waals surface area contributed by atoms with E-state index in [-0.39, 0.29) is 19.0 Å². The van der Waals surface area contributed by atoms with Gasteiger partial charge in [-0.15, -0.1) is 12.4 Å². The monoisotopic (exact) mass is 315 g/mol. The zero-order valence-electron chi connectivity index (χ0n) is 10.7. The molecule has 0 aliphatic carbocycles. The number of nitrogens with two attached hydrogens (primary N) is 1. The van der Waals surface area contributed by atoms with Crippen molar-refractivity contribution in [1.82, 2.24) is 0 Å². The third-order valence-corrected chi connectivity index (χ3v) is 2.65. The van der Waals surface area contributed by atoms with Crippen molar-refractivity contribution in [3.63, 3.8) is 0 Å². The number of anilines is 1. The average molecular weight is 316 g/mol. The van der Waals surface area contributed by atoms with E-state index >= 15 is 0 Å². The summed E-state index contributed by atoms with van der Waals surface area (Å²) in [6.45, 7) is -0.0857. The fourth-order valence-corrected chi connectivity index (χ4v) is 1.70. The van der Waals surface area contributed by atoms with Crippen LogP contribution in [0.4, 0.5) is 14.5 Å². The first-order valence-electron chi connectivity index (χ1n) is 5.68. The van der Waals surface area contributed by atoms with Gasteiger partial charge < -0.3 is 15.6 Å². The molecule has 0 aliphatic rings. The van der Waals surface area contributed by atoms with E-state index in [1.807, 2.05) is 0 Å². The smallest absolute Gasteiger partial charge is 0.340 e. The van der Waals surface area contributed by atoms with Crippen molar-refractivity contribution in [1.29, 1.82) is 0 Å². The first-order valence-corrected chi connectivity index (χ1v) is 5.68. The molecule has 112 valence electrons. The molecule has 0 radical (unpaired) electrons. The number of benzene rings is 2. The Hall–Kier alpha value is -2.34. The second-order valence-corrected chi connectivity index (χ2v) is 4.05. The first kappa shape index (κ1) is 16.7. The van der Waals surface area contributed by atoms with Gasteiger partial charge in [-0.05, 0) is 5.56 Å². The molecule has 0 aliphatic heterocycles. The lowest BCUT2D eigenvalue weighted by Crippen LogP contribution is -2.10. The Morgan fingerprint density at radius 2 is 1.86 bits per heavy atom. The van der Waals surface area contributed by atoms with Crippen molar-refractivity contribution in [3.8, 4) is 5.75 Å². The Kier molecular flexibility index (Phi) is 5.49. The molecule has 0 fully saturated rings. The van der Waals surface area contributed by atoms with Gasteiger partial charge >= 0.3 is 5.97 Å². The molecule has 0 bridgehead atoms. The van der Waals surface area contributed by atoms with Gasteiger partial charge in [0.2, 0.25) is 0 Å². The number of rotatable bonds is 4. The largest absolute Gasteiger partial charge is 0.483 e. The maximum atomic E-state index is 13.9. The highest BCUT2D eigenvalue weighted by Gasteiger charge is 2.23. The number of carboxylic acids is 1. The minimum Gasteiger partial charge on any atom is -0.483 e. The Morgan fingerprint density at radius 3 is 2.43 bits per heavy atom. The molecule has 21 heavy (non-hydrogen) atoms. The molecule has 0 aromatic heterocycles. The predicted molar refractivity (Wildman–Crippen MR) is 75.8 cm³/mol. The second kappa shape index (κ2) is 6.90. The molecule has 4 nitrogen and oxygen atoms in total. The third-order valence-electron chi connectivity index (χ3n) is 2.65. The van der Waals surface area contributed by atoms with E-state index in [4.69, 9.17) is 15.6 Å². The topological polar surface area (TPSA) is 72.5 Å². The van der Waals surface area contributed by atoms with Gasteiger partial charge in [-0.25, -0.2) is 13.6 Å². The van der Waals surface area contributed by atoms with E-state index in [0.717, 1.165) is 6.07 Å². The molecule has 2 aromatic carbocycles. The second-order valence-electron chi connectivity index (χ2n) is 4.05. The van der Waals surface area contributed by atoms with Crippen molar-refractivity contribution in [2.75, 3.05) is 5.73 Å². The van der Waals surface area contributed by atoms with Crippen molar-refractivity contribution >= 4 is 24.1 Å². The molecule has 0 atom stereocenters. The van der Waals surface area contributed by atoms with Crippen LogP contribution in [0, 0.1) is 11.6 Å². The van der Waals surface area contributed by atoms with Crippen LogP contribution in [0.2, 0.25) is 0 Å².